The van der Waals surface area contributed by atoms with Gasteiger partial charge in [-0.3, -0.25) is 9.10 Å². The highest BCUT2D eigenvalue weighted by atomic mass is 35.5. The summed E-state index contributed by atoms with van der Waals surface area (Å²) in [6.07, 6.45) is 0. The van der Waals surface area contributed by atoms with E-state index < -0.39 is 28.4 Å². The Morgan fingerprint density at radius 1 is 0.941 bits per heavy atom. The number of methoxy groups -OCH3 is 2. The Morgan fingerprint density at radius 3 is 2.18 bits per heavy atom. The van der Waals surface area contributed by atoms with E-state index in [9.17, 15) is 18.0 Å². The Balaban J connectivity index is 1.92. The molecule has 0 unspecified atom stereocenters. The van der Waals surface area contributed by atoms with Crippen molar-refractivity contribution in [1.29, 1.82) is 0 Å². The number of sulfonamides is 1. The maximum absolute atomic E-state index is 13.4. The second-order valence-corrected chi connectivity index (χ2v) is 9.60. The second kappa shape index (κ2) is 10.8. The summed E-state index contributed by atoms with van der Waals surface area (Å²) < 4.78 is 37.6. The van der Waals surface area contributed by atoms with Crippen LogP contribution < -0.4 is 14.4 Å². The van der Waals surface area contributed by atoms with E-state index in [2.05, 4.69) is 10.1 Å². The van der Waals surface area contributed by atoms with Gasteiger partial charge in [0.1, 0.15) is 12.3 Å². The first-order valence-electron chi connectivity index (χ1n) is 9.76. The first-order valence-corrected chi connectivity index (χ1v) is 12.0. The molecular formula is C23H20Cl2N2O6S. The van der Waals surface area contributed by atoms with E-state index in [4.69, 9.17) is 27.9 Å². The van der Waals surface area contributed by atoms with Gasteiger partial charge in [0.05, 0.1) is 35.4 Å². The zero-order valence-electron chi connectivity index (χ0n) is 18.1. The van der Waals surface area contributed by atoms with Crippen LogP contribution in [0.1, 0.15) is 10.4 Å². The number of hydrogen-bond acceptors (Lipinski definition) is 6. The minimum atomic E-state index is -4.13. The fourth-order valence-electron chi connectivity index (χ4n) is 3.00. The van der Waals surface area contributed by atoms with E-state index in [1.54, 1.807) is 0 Å². The van der Waals surface area contributed by atoms with Crippen molar-refractivity contribution < 1.29 is 27.5 Å². The topological polar surface area (TPSA) is 102 Å². The molecule has 11 heteroatoms. The molecular weight excluding hydrogens is 503 g/mol. The molecule has 178 valence electrons. The van der Waals surface area contributed by atoms with Crippen LogP contribution in [0, 0.1) is 0 Å². The van der Waals surface area contributed by atoms with Gasteiger partial charge in [0, 0.05) is 10.7 Å². The summed E-state index contributed by atoms with van der Waals surface area (Å²) in [4.78, 5) is 24.7. The van der Waals surface area contributed by atoms with Crippen LogP contribution in [-0.2, 0) is 19.6 Å². The molecule has 0 aromatic heterocycles. The van der Waals surface area contributed by atoms with Gasteiger partial charge in [-0.15, -0.1) is 0 Å². The molecule has 8 nitrogen and oxygen atoms in total. The summed E-state index contributed by atoms with van der Waals surface area (Å²) in [5.41, 5.74) is 0.539. The molecule has 1 N–H and O–H groups in total. The van der Waals surface area contributed by atoms with Crippen LogP contribution in [0.5, 0.6) is 5.75 Å². The van der Waals surface area contributed by atoms with Crippen LogP contribution in [0.2, 0.25) is 10.0 Å². The maximum atomic E-state index is 13.4. The van der Waals surface area contributed by atoms with Gasteiger partial charge in [-0.1, -0.05) is 23.2 Å². The second-order valence-electron chi connectivity index (χ2n) is 6.90. The number of esters is 1. The van der Waals surface area contributed by atoms with E-state index in [1.807, 2.05) is 0 Å². The summed E-state index contributed by atoms with van der Waals surface area (Å²) >= 11 is 12.0. The number of benzene rings is 3. The van der Waals surface area contributed by atoms with E-state index in [-0.39, 0.29) is 26.9 Å². The smallest absolute Gasteiger partial charge is 0.339 e. The van der Waals surface area contributed by atoms with E-state index in [0.29, 0.717) is 10.8 Å². The van der Waals surface area contributed by atoms with Crippen molar-refractivity contribution in [3.8, 4) is 5.75 Å². The number of rotatable bonds is 8. The SMILES string of the molecule is COC(=O)c1cc(NC(=O)CN(c2ccc(Cl)cc2)S(=O)(=O)c2ccc(OC)cc2)ccc1Cl. The van der Waals surface area contributed by atoms with Crippen LogP contribution in [0.4, 0.5) is 11.4 Å². The van der Waals surface area contributed by atoms with Crippen LogP contribution in [-0.4, -0.2) is 41.1 Å². The molecule has 3 rings (SSSR count). The third kappa shape index (κ3) is 5.80. The van der Waals surface area contributed by atoms with Gasteiger partial charge in [-0.05, 0) is 66.7 Å². The largest absolute Gasteiger partial charge is 0.497 e. The summed E-state index contributed by atoms with van der Waals surface area (Å²) in [5.74, 6) is -0.838. The predicted octanol–water partition coefficient (Wildman–Crippen LogP) is 4.62. The molecule has 0 aliphatic heterocycles. The van der Waals surface area contributed by atoms with Crippen molar-refractivity contribution >= 4 is 56.5 Å². The van der Waals surface area contributed by atoms with Gasteiger partial charge >= 0.3 is 5.97 Å². The highest BCUT2D eigenvalue weighted by molar-refractivity contribution is 7.92. The van der Waals surface area contributed by atoms with E-state index in [1.165, 1.54) is 80.9 Å². The van der Waals surface area contributed by atoms with Gasteiger partial charge in [0.25, 0.3) is 10.0 Å². The number of nitrogens with one attached hydrogen (secondary N) is 1. The van der Waals surface area contributed by atoms with Gasteiger partial charge in [0.2, 0.25) is 5.91 Å². The lowest BCUT2D eigenvalue weighted by Crippen LogP contribution is -2.38. The molecule has 0 spiro atoms. The highest BCUT2D eigenvalue weighted by Crippen LogP contribution is 2.27. The first-order chi connectivity index (χ1) is 16.1. The average Bonchev–Trinajstić information content (AvgIpc) is 2.84. The van der Waals surface area contributed by atoms with Crippen LogP contribution in [0.25, 0.3) is 0 Å². The molecule has 0 saturated heterocycles. The van der Waals surface area contributed by atoms with Crippen molar-refractivity contribution in [2.24, 2.45) is 0 Å². The van der Waals surface area contributed by atoms with Crippen molar-refractivity contribution in [1.82, 2.24) is 0 Å². The molecule has 0 atom stereocenters. The summed E-state index contributed by atoms with van der Waals surface area (Å²) in [7, 11) is -1.46. The van der Waals surface area contributed by atoms with Crippen LogP contribution in [0.15, 0.2) is 71.6 Å². The lowest BCUT2D eigenvalue weighted by molar-refractivity contribution is -0.114. The Hall–Kier alpha value is -3.27. The zero-order chi connectivity index (χ0) is 24.9. The number of amides is 1. The van der Waals surface area contributed by atoms with Gasteiger partial charge in [0.15, 0.2) is 0 Å². The first kappa shape index (κ1) is 25.4. The van der Waals surface area contributed by atoms with Crippen molar-refractivity contribution in [3.05, 3.63) is 82.3 Å². The molecule has 3 aromatic carbocycles. The molecule has 0 fully saturated rings. The number of hydrogen-bond donors (Lipinski definition) is 1. The maximum Gasteiger partial charge on any atom is 0.339 e. The molecule has 0 radical (unpaired) electrons. The van der Waals surface area contributed by atoms with Crippen LogP contribution >= 0.6 is 23.2 Å². The van der Waals surface area contributed by atoms with Gasteiger partial charge in [-0.25, -0.2) is 13.2 Å². The zero-order valence-corrected chi connectivity index (χ0v) is 20.4. The highest BCUT2D eigenvalue weighted by Gasteiger charge is 2.27. The Bertz CT molecular complexity index is 1300. The minimum absolute atomic E-state index is 0.0319. The molecule has 0 aliphatic carbocycles. The van der Waals surface area contributed by atoms with Crippen molar-refractivity contribution in [3.63, 3.8) is 0 Å². The average molecular weight is 523 g/mol. The summed E-state index contributed by atoms with van der Waals surface area (Å²) in [6, 6.07) is 16.1. The third-order valence-electron chi connectivity index (χ3n) is 4.70. The lowest BCUT2D eigenvalue weighted by Gasteiger charge is -2.24. The minimum Gasteiger partial charge on any atom is -0.497 e. The molecule has 0 bridgehead atoms. The fraction of sp³-hybridized carbons (Fsp3) is 0.130. The van der Waals surface area contributed by atoms with E-state index in [0.717, 1.165) is 4.31 Å². The quantitative estimate of drug-likeness (QED) is 0.433. The predicted molar refractivity (Wildman–Crippen MR) is 130 cm³/mol. The number of nitrogens with zero attached hydrogens (tertiary/aromatic N) is 1. The number of ether oxygens (including phenoxy) is 2. The Kier molecular flexibility index (Phi) is 8.03. The summed E-state index contributed by atoms with van der Waals surface area (Å²) in [6.45, 7) is -0.549. The normalized spacial score (nSPS) is 10.9. The molecule has 0 saturated carbocycles. The number of carbonyl (C=O) groups is 2. The van der Waals surface area contributed by atoms with Gasteiger partial charge in [-0.2, -0.15) is 0 Å². The third-order valence-corrected chi connectivity index (χ3v) is 7.07. The van der Waals surface area contributed by atoms with E-state index >= 15 is 0 Å². The Labute approximate surface area is 207 Å². The standard InChI is InChI=1S/C23H20Cl2N2O6S/c1-32-18-8-10-19(11-9-18)34(30,31)27(17-6-3-15(24)4-7-17)14-22(28)26-16-5-12-21(25)20(13-16)23(29)33-2/h3-13H,14H2,1-2H3,(H,26,28). The lowest BCUT2D eigenvalue weighted by atomic mass is 10.2. The summed E-state index contributed by atoms with van der Waals surface area (Å²) in [5, 5.41) is 3.14. The number of halogens is 2. The Morgan fingerprint density at radius 2 is 1.59 bits per heavy atom. The number of carbonyl (C=O) groups excluding carboxylic acids is 2. The molecule has 1 amide bonds. The van der Waals surface area contributed by atoms with Crippen molar-refractivity contribution in [2.45, 2.75) is 4.90 Å². The fourth-order valence-corrected chi connectivity index (χ4v) is 4.74. The van der Waals surface area contributed by atoms with Gasteiger partial charge < -0.3 is 14.8 Å². The molecule has 34 heavy (non-hydrogen) atoms. The van der Waals surface area contributed by atoms with Crippen LogP contribution in [0.3, 0.4) is 0 Å². The molecule has 0 aliphatic rings. The molecule has 3 aromatic rings. The molecule has 0 heterocycles. The van der Waals surface area contributed by atoms with Crippen molar-refractivity contribution in [2.75, 3.05) is 30.4 Å². The number of anilines is 2. The monoisotopic (exact) mass is 522 g/mol.